The van der Waals surface area contributed by atoms with E-state index < -0.39 is 23.8 Å². The third kappa shape index (κ3) is 5.01. The zero-order valence-electron chi connectivity index (χ0n) is 20.2. The number of nitrogens with zero attached hydrogens (tertiary/aromatic N) is 4. The number of hydrogen-bond acceptors (Lipinski definition) is 6. The maximum Gasteiger partial charge on any atom is 0.266 e. The van der Waals surface area contributed by atoms with Crippen LogP contribution in [0.3, 0.4) is 0 Å². The van der Waals surface area contributed by atoms with Crippen molar-refractivity contribution < 1.29 is 18.0 Å². The van der Waals surface area contributed by atoms with Crippen LogP contribution in [0.4, 0.5) is 24.8 Å². The van der Waals surface area contributed by atoms with Gasteiger partial charge in [0, 0.05) is 32.6 Å². The fraction of sp³-hybridized carbons (Fsp3) is 0.440. The van der Waals surface area contributed by atoms with Gasteiger partial charge in [-0.2, -0.15) is 0 Å². The Morgan fingerprint density at radius 2 is 1.80 bits per heavy atom. The van der Waals surface area contributed by atoms with Crippen LogP contribution in [0.2, 0.25) is 0 Å². The molecule has 3 heterocycles. The first kappa shape index (κ1) is 24.7. The van der Waals surface area contributed by atoms with Crippen LogP contribution in [0, 0.1) is 12.7 Å². The van der Waals surface area contributed by atoms with E-state index in [9.17, 15) is 18.0 Å². The number of aryl methyl sites for hydroxylation is 1. The SMILES string of the molecule is CNc1nc2nc(C)nc(N[C@H](C)c3cccc(C(F)F)c3F)c2cc1C1CCN(C(C)=O)CC1. The number of fused-ring (bicyclic) bond motifs is 1. The lowest BCUT2D eigenvalue weighted by Crippen LogP contribution is -2.36. The van der Waals surface area contributed by atoms with Crippen molar-refractivity contribution in [1.82, 2.24) is 19.9 Å². The average molecular weight is 487 g/mol. The van der Waals surface area contributed by atoms with Gasteiger partial charge < -0.3 is 15.5 Å². The molecule has 1 amide bonds. The first-order valence-corrected chi connectivity index (χ1v) is 11.6. The number of aromatic nitrogens is 3. The van der Waals surface area contributed by atoms with E-state index >= 15 is 0 Å². The molecule has 2 aromatic heterocycles. The highest BCUT2D eigenvalue weighted by Gasteiger charge is 2.26. The molecule has 35 heavy (non-hydrogen) atoms. The fourth-order valence-corrected chi connectivity index (χ4v) is 4.66. The Kier molecular flexibility index (Phi) is 7.09. The third-order valence-corrected chi connectivity index (χ3v) is 6.56. The number of carbonyl (C=O) groups excluding carboxylic acids is 1. The van der Waals surface area contributed by atoms with Crippen LogP contribution >= 0.6 is 0 Å². The molecule has 10 heteroatoms. The van der Waals surface area contributed by atoms with Gasteiger partial charge in [0.15, 0.2) is 5.65 Å². The van der Waals surface area contributed by atoms with Gasteiger partial charge in [-0.15, -0.1) is 0 Å². The lowest BCUT2D eigenvalue weighted by Gasteiger charge is -2.32. The van der Waals surface area contributed by atoms with Crippen molar-refractivity contribution in [2.24, 2.45) is 0 Å². The zero-order valence-corrected chi connectivity index (χ0v) is 20.2. The Morgan fingerprint density at radius 3 is 2.43 bits per heavy atom. The average Bonchev–Trinajstić information content (AvgIpc) is 2.83. The summed E-state index contributed by atoms with van der Waals surface area (Å²) in [5.74, 6) is 0.987. The number of piperidine rings is 1. The quantitative estimate of drug-likeness (QED) is 0.489. The van der Waals surface area contributed by atoms with Gasteiger partial charge in [-0.3, -0.25) is 4.79 Å². The molecule has 2 N–H and O–H groups in total. The minimum absolute atomic E-state index is 0.0708. The van der Waals surface area contributed by atoms with Crippen molar-refractivity contribution in [3.05, 3.63) is 52.6 Å². The molecular formula is C25H29F3N6O. The number of nitrogens with one attached hydrogen (secondary N) is 2. The van der Waals surface area contributed by atoms with E-state index in [1.165, 1.54) is 12.1 Å². The number of alkyl halides is 2. The Hall–Kier alpha value is -3.43. The Morgan fingerprint density at radius 1 is 1.11 bits per heavy atom. The van der Waals surface area contributed by atoms with Gasteiger partial charge in [0.1, 0.15) is 23.3 Å². The second kappa shape index (κ2) is 10.1. The molecule has 186 valence electrons. The third-order valence-electron chi connectivity index (χ3n) is 6.56. The van der Waals surface area contributed by atoms with E-state index in [1.807, 2.05) is 11.0 Å². The summed E-state index contributed by atoms with van der Waals surface area (Å²) < 4.78 is 41.2. The number of amides is 1. The molecule has 1 saturated heterocycles. The van der Waals surface area contributed by atoms with E-state index in [1.54, 1.807) is 27.8 Å². The molecule has 0 spiro atoms. The number of hydrogen-bond donors (Lipinski definition) is 2. The minimum Gasteiger partial charge on any atom is -0.373 e. The Labute approximate surface area is 202 Å². The van der Waals surface area contributed by atoms with E-state index in [0.717, 1.165) is 24.5 Å². The maximum absolute atomic E-state index is 14.8. The fourth-order valence-electron chi connectivity index (χ4n) is 4.66. The van der Waals surface area contributed by atoms with E-state index in [4.69, 9.17) is 4.98 Å². The summed E-state index contributed by atoms with van der Waals surface area (Å²) in [6.07, 6.45) is -1.29. The highest BCUT2D eigenvalue weighted by Crippen LogP contribution is 2.36. The molecule has 0 saturated carbocycles. The molecule has 3 aromatic rings. The number of benzene rings is 1. The highest BCUT2D eigenvalue weighted by atomic mass is 19.3. The minimum atomic E-state index is -2.90. The second-order valence-electron chi connectivity index (χ2n) is 8.86. The van der Waals surface area contributed by atoms with Crippen LogP contribution < -0.4 is 10.6 Å². The molecule has 1 aromatic carbocycles. The number of carbonyl (C=O) groups is 1. The largest absolute Gasteiger partial charge is 0.373 e. The van der Waals surface area contributed by atoms with Crippen molar-refractivity contribution >= 4 is 28.6 Å². The second-order valence-corrected chi connectivity index (χ2v) is 8.86. The van der Waals surface area contributed by atoms with Crippen molar-refractivity contribution in [3.63, 3.8) is 0 Å². The molecule has 0 aliphatic carbocycles. The van der Waals surface area contributed by atoms with Gasteiger partial charge in [0.2, 0.25) is 5.91 Å². The molecular weight excluding hydrogens is 457 g/mol. The monoisotopic (exact) mass is 486 g/mol. The number of pyridine rings is 1. The molecule has 1 atom stereocenters. The summed E-state index contributed by atoms with van der Waals surface area (Å²) >= 11 is 0. The number of likely N-dealkylation sites (tertiary alicyclic amines) is 1. The van der Waals surface area contributed by atoms with Crippen molar-refractivity contribution in [3.8, 4) is 0 Å². The number of anilines is 2. The van der Waals surface area contributed by atoms with Crippen LogP contribution in [0.1, 0.15) is 67.6 Å². The van der Waals surface area contributed by atoms with E-state index in [-0.39, 0.29) is 17.4 Å². The van der Waals surface area contributed by atoms with E-state index in [2.05, 4.69) is 20.6 Å². The van der Waals surface area contributed by atoms with Crippen molar-refractivity contribution in [2.45, 2.75) is 52.0 Å². The van der Waals surface area contributed by atoms with Gasteiger partial charge in [-0.1, -0.05) is 18.2 Å². The topological polar surface area (TPSA) is 83.0 Å². The molecule has 1 aliphatic rings. The summed E-state index contributed by atoms with van der Waals surface area (Å²) in [4.78, 5) is 27.3. The van der Waals surface area contributed by atoms with Gasteiger partial charge in [-0.25, -0.2) is 28.1 Å². The molecule has 1 fully saturated rings. The summed E-state index contributed by atoms with van der Waals surface area (Å²) in [5, 5.41) is 7.01. The Balaban J connectivity index is 1.71. The summed E-state index contributed by atoms with van der Waals surface area (Å²) in [6.45, 7) is 6.36. The molecule has 0 unspecified atom stereocenters. The maximum atomic E-state index is 14.8. The predicted octanol–water partition coefficient (Wildman–Crippen LogP) is 5.35. The van der Waals surface area contributed by atoms with Crippen LogP contribution in [-0.4, -0.2) is 45.9 Å². The number of halogens is 3. The van der Waals surface area contributed by atoms with Crippen LogP contribution in [0.5, 0.6) is 0 Å². The highest BCUT2D eigenvalue weighted by molar-refractivity contribution is 5.89. The summed E-state index contributed by atoms with van der Waals surface area (Å²) in [5.41, 5.74) is 0.976. The molecule has 1 aliphatic heterocycles. The molecule has 0 radical (unpaired) electrons. The van der Waals surface area contributed by atoms with Crippen LogP contribution in [0.25, 0.3) is 11.0 Å². The van der Waals surface area contributed by atoms with Crippen LogP contribution in [-0.2, 0) is 4.79 Å². The molecule has 0 bridgehead atoms. The van der Waals surface area contributed by atoms with Crippen LogP contribution in [0.15, 0.2) is 24.3 Å². The van der Waals surface area contributed by atoms with Gasteiger partial charge in [0.25, 0.3) is 6.43 Å². The van der Waals surface area contributed by atoms with Crippen molar-refractivity contribution in [2.75, 3.05) is 30.8 Å². The summed E-state index contributed by atoms with van der Waals surface area (Å²) in [6, 6.07) is 5.36. The smallest absolute Gasteiger partial charge is 0.266 e. The predicted molar refractivity (Wildman–Crippen MR) is 129 cm³/mol. The van der Waals surface area contributed by atoms with Gasteiger partial charge in [0.05, 0.1) is 17.0 Å². The first-order chi connectivity index (χ1) is 16.7. The summed E-state index contributed by atoms with van der Waals surface area (Å²) in [7, 11) is 1.80. The van der Waals surface area contributed by atoms with Gasteiger partial charge in [-0.05, 0) is 44.2 Å². The lowest BCUT2D eigenvalue weighted by molar-refractivity contribution is -0.129. The van der Waals surface area contributed by atoms with Crippen molar-refractivity contribution in [1.29, 1.82) is 0 Å². The van der Waals surface area contributed by atoms with Gasteiger partial charge >= 0.3 is 0 Å². The molecule has 7 nitrogen and oxygen atoms in total. The lowest BCUT2D eigenvalue weighted by atomic mass is 9.89. The number of rotatable bonds is 6. The Bertz CT molecular complexity index is 1240. The normalized spacial score (nSPS) is 15.5. The standard InChI is InChI=1S/C25H29F3N6O/c1-13(17-6-5-7-18(21(17)26)22(27)28)30-24-20-12-19(16-8-10-34(11-9-16)15(3)35)23(29-4)33-25(20)32-14(2)31-24/h5-7,12-13,16,22H,8-11H2,1-4H3,(H2,29,30,31,32,33)/t13-/m1/s1. The molecule has 4 rings (SSSR count). The zero-order chi connectivity index (χ0) is 25.3. The van der Waals surface area contributed by atoms with E-state index in [0.29, 0.717) is 41.6 Å². The first-order valence-electron chi connectivity index (χ1n) is 11.6.